The smallest absolute Gasteiger partial charge is 0.341 e. The van der Waals surface area contributed by atoms with Gasteiger partial charge in [0.1, 0.15) is 11.8 Å². The molecule has 0 aliphatic carbocycles. The van der Waals surface area contributed by atoms with Crippen LogP contribution in [-0.2, 0) is 9.59 Å². The van der Waals surface area contributed by atoms with Gasteiger partial charge in [0.25, 0.3) is 0 Å². The van der Waals surface area contributed by atoms with Gasteiger partial charge in [0.15, 0.2) is 6.61 Å². The second kappa shape index (κ2) is 11.7. The predicted octanol–water partition coefficient (Wildman–Crippen LogP) is 0.677. The van der Waals surface area contributed by atoms with Crippen molar-refractivity contribution >= 4 is 11.9 Å². The van der Waals surface area contributed by atoms with E-state index in [1.807, 2.05) is 6.07 Å². The zero-order valence-corrected chi connectivity index (χ0v) is 11.8. The van der Waals surface area contributed by atoms with Gasteiger partial charge in [0.2, 0.25) is 0 Å². The van der Waals surface area contributed by atoms with Crippen LogP contribution in [-0.4, -0.2) is 41.3 Å². The lowest BCUT2D eigenvalue weighted by atomic mass is 10.1. The maximum atomic E-state index is 10.1. The molecule has 0 heterocycles. The summed E-state index contributed by atoms with van der Waals surface area (Å²) in [5, 5.41) is 16.6. The topological polar surface area (TPSA) is 136 Å². The SMILES string of the molecule is NCCCC[C@H](N)C(=O)O.O=C(O)COc1ccccc1. The summed E-state index contributed by atoms with van der Waals surface area (Å²) in [6.07, 6.45) is 2.16. The van der Waals surface area contributed by atoms with Gasteiger partial charge >= 0.3 is 11.9 Å². The number of hydrogen-bond acceptors (Lipinski definition) is 5. The summed E-state index contributed by atoms with van der Waals surface area (Å²) >= 11 is 0. The van der Waals surface area contributed by atoms with E-state index in [1.54, 1.807) is 24.3 Å². The summed E-state index contributed by atoms with van der Waals surface area (Å²) < 4.78 is 4.87. The van der Waals surface area contributed by atoms with Crippen LogP contribution in [0.2, 0.25) is 0 Å². The minimum absolute atomic E-state index is 0.288. The van der Waals surface area contributed by atoms with Crippen LogP contribution in [0.25, 0.3) is 0 Å². The van der Waals surface area contributed by atoms with E-state index in [1.165, 1.54) is 0 Å². The number of benzene rings is 1. The number of carboxylic acid groups (broad SMARTS) is 2. The molecular weight excluding hydrogens is 276 g/mol. The van der Waals surface area contributed by atoms with Crippen LogP contribution in [0, 0.1) is 0 Å². The number of hydrogen-bond donors (Lipinski definition) is 4. The Labute approximate surface area is 123 Å². The Morgan fingerprint density at radius 1 is 1.14 bits per heavy atom. The Morgan fingerprint density at radius 3 is 2.24 bits per heavy atom. The van der Waals surface area contributed by atoms with E-state index in [-0.39, 0.29) is 6.61 Å². The molecule has 1 aromatic carbocycles. The summed E-state index contributed by atoms with van der Waals surface area (Å²) in [4.78, 5) is 20.2. The molecule has 0 saturated heterocycles. The quantitative estimate of drug-likeness (QED) is 0.518. The van der Waals surface area contributed by atoms with Gasteiger partial charge < -0.3 is 26.4 Å². The van der Waals surface area contributed by atoms with Crippen molar-refractivity contribution in [1.82, 2.24) is 0 Å². The Morgan fingerprint density at radius 2 is 1.76 bits per heavy atom. The number of carbonyl (C=O) groups is 2. The highest BCUT2D eigenvalue weighted by Crippen LogP contribution is 2.07. The van der Waals surface area contributed by atoms with E-state index in [0.717, 1.165) is 12.8 Å². The molecule has 0 amide bonds. The molecule has 0 bridgehead atoms. The van der Waals surface area contributed by atoms with Crippen LogP contribution in [0.1, 0.15) is 19.3 Å². The maximum absolute atomic E-state index is 10.1. The molecular formula is C14H22N2O5. The normalized spacial score (nSPS) is 11.0. The fraction of sp³-hybridized carbons (Fsp3) is 0.429. The lowest BCUT2D eigenvalue weighted by molar-refractivity contribution is -0.140. The highest BCUT2D eigenvalue weighted by atomic mass is 16.5. The van der Waals surface area contributed by atoms with E-state index in [9.17, 15) is 9.59 Å². The van der Waals surface area contributed by atoms with Crippen LogP contribution in [0.5, 0.6) is 5.75 Å². The van der Waals surface area contributed by atoms with Gasteiger partial charge in [-0.05, 0) is 31.5 Å². The first-order valence-electron chi connectivity index (χ1n) is 6.55. The Balaban J connectivity index is 0.000000384. The average Bonchev–Trinajstić information content (AvgIpc) is 2.47. The predicted molar refractivity (Wildman–Crippen MR) is 78.1 cm³/mol. The van der Waals surface area contributed by atoms with Crippen molar-refractivity contribution < 1.29 is 24.5 Å². The standard InChI is InChI=1S/C8H8O3.C6H14N2O2/c9-8(10)6-11-7-4-2-1-3-5-7;7-4-2-1-3-5(8)6(9)10/h1-5H,6H2,(H,9,10);5H,1-4,7-8H2,(H,9,10)/t;5-/m.0/s1. The first kappa shape index (κ1) is 18.9. The summed E-state index contributed by atoms with van der Waals surface area (Å²) in [5.74, 6) is -1.32. The van der Waals surface area contributed by atoms with Crippen molar-refractivity contribution in [3.05, 3.63) is 30.3 Å². The number of unbranched alkanes of at least 4 members (excludes halogenated alkanes) is 1. The number of ether oxygens (including phenoxy) is 1. The summed E-state index contributed by atoms with van der Waals surface area (Å²) in [7, 11) is 0. The van der Waals surface area contributed by atoms with Crippen molar-refractivity contribution in [2.75, 3.05) is 13.2 Å². The lowest BCUT2D eigenvalue weighted by Crippen LogP contribution is -2.29. The monoisotopic (exact) mass is 298 g/mol. The number of rotatable bonds is 8. The second-order valence-corrected chi connectivity index (χ2v) is 4.22. The average molecular weight is 298 g/mol. The molecule has 0 unspecified atom stereocenters. The minimum Gasteiger partial charge on any atom is -0.482 e. The van der Waals surface area contributed by atoms with Crippen LogP contribution < -0.4 is 16.2 Å². The van der Waals surface area contributed by atoms with E-state index in [4.69, 9.17) is 26.4 Å². The third kappa shape index (κ3) is 11.4. The van der Waals surface area contributed by atoms with E-state index in [2.05, 4.69) is 0 Å². The lowest BCUT2D eigenvalue weighted by Gasteiger charge is -2.03. The third-order valence-electron chi connectivity index (χ3n) is 2.39. The highest BCUT2D eigenvalue weighted by Gasteiger charge is 2.09. The molecule has 1 aromatic rings. The van der Waals surface area contributed by atoms with Crippen molar-refractivity contribution in [3.8, 4) is 5.75 Å². The Hall–Kier alpha value is -2.12. The van der Waals surface area contributed by atoms with Crippen LogP contribution >= 0.6 is 0 Å². The second-order valence-electron chi connectivity index (χ2n) is 4.22. The van der Waals surface area contributed by atoms with Gasteiger partial charge in [0, 0.05) is 0 Å². The van der Waals surface area contributed by atoms with Crippen molar-refractivity contribution in [2.24, 2.45) is 11.5 Å². The molecule has 0 aliphatic heterocycles. The molecule has 21 heavy (non-hydrogen) atoms. The first-order chi connectivity index (χ1) is 9.97. The molecule has 0 spiro atoms. The zero-order valence-electron chi connectivity index (χ0n) is 11.8. The summed E-state index contributed by atoms with van der Waals surface area (Å²) in [6.45, 7) is 0.316. The molecule has 0 aromatic heterocycles. The molecule has 1 rings (SSSR count). The zero-order chi connectivity index (χ0) is 16.1. The number of para-hydroxylation sites is 1. The molecule has 1 atom stereocenters. The Kier molecular flexibility index (Phi) is 10.5. The fourth-order valence-corrected chi connectivity index (χ4v) is 1.29. The highest BCUT2D eigenvalue weighted by molar-refractivity contribution is 5.72. The largest absolute Gasteiger partial charge is 0.482 e. The minimum atomic E-state index is -0.964. The molecule has 0 saturated carbocycles. The van der Waals surface area contributed by atoms with Crippen LogP contribution in [0.3, 0.4) is 0 Å². The van der Waals surface area contributed by atoms with Crippen molar-refractivity contribution in [3.63, 3.8) is 0 Å². The number of nitrogens with two attached hydrogens (primary N) is 2. The summed E-state index contributed by atoms with van der Waals surface area (Å²) in [6, 6.07) is 8.12. The van der Waals surface area contributed by atoms with Gasteiger partial charge in [-0.25, -0.2) is 4.79 Å². The molecule has 7 nitrogen and oxygen atoms in total. The van der Waals surface area contributed by atoms with Gasteiger partial charge in [-0.15, -0.1) is 0 Å². The van der Waals surface area contributed by atoms with Gasteiger partial charge in [-0.3, -0.25) is 4.79 Å². The molecule has 0 fully saturated rings. The van der Waals surface area contributed by atoms with Gasteiger partial charge in [-0.1, -0.05) is 24.6 Å². The molecule has 0 radical (unpaired) electrons. The van der Waals surface area contributed by atoms with Crippen molar-refractivity contribution in [1.29, 1.82) is 0 Å². The number of carboxylic acids is 2. The molecule has 0 aliphatic rings. The van der Waals surface area contributed by atoms with Gasteiger partial charge in [0.05, 0.1) is 0 Å². The van der Waals surface area contributed by atoms with Gasteiger partial charge in [-0.2, -0.15) is 0 Å². The van der Waals surface area contributed by atoms with E-state index in [0.29, 0.717) is 18.7 Å². The summed E-state index contributed by atoms with van der Waals surface area (Å²) in [5.41, 5.74) is 10.4. The molecule has 118 valence electrons. The maximum Gasteiger partial charge on any atom is 0.341 e. The van der Waals surface area contributed by atoms with Crippen molar-refractivity contribution in [2.45, 2.75) is 25.3 Å². The van der Waals surface area contributed by atoms with E-state index >= 15 is 0 Å². The molecule has 6 N–H and O–H groups in total. The fourth-order valence-electron chi connectivity index (χ4n) is 1.29. The van der Waals surface area contributed by atoms with E-state index < -0.39 is 18.0 Å². The Bertz CT molecular complexity index is 411. The van der Waals surface area contributed by atoms with Crippen LogP contribution in [0.4, 0.5) is 0 Å². The number of aliphatic carboxylic acids is 2. The molecule has 7 heteroatoms. The third-order valence-corrected chi connectivity index (χ3v) is 2.39. The first-order valence-corrected chi connectivity index (χ1v) is 6.55. The van der Waals surface area contributed by atoms with Crippen LogP contribution in [0.15, 0.2) is 30.3 Å².